The van der Waals surface area contributed by atoms with E-state index in [0.29, 0.717) is 12.0 Å². The number of carbonyl (C=O) groups excluding carboxylic acids is 4. The van der Waals surface area contributed by atoms with Crippen LogP contribution in [0.5, 0.6) is 0 Å². The van der Waals surface area contributed by atoms with Crippen molar-refractivity contribution in [1.82, 2.24) is 16.2 Å². The van der Waals surface area contributed by atoms with Gasteiger partial charge >= 0.3 is 24.0 Å². The third kappa shape index (κ3) is 6.50. The van der Waals surface area contributed by atoms with Gasteiger partial charge in [-0.1, -0.05) is 0 Å². The molecule has 1 aliphatic heterocycles. The SMILES string of the molecule is COC(F)(C(=O)NNC(=O)c1ccc2c(c1)NC(=O)[C@@H](NC(=O)OC(C)(C)C)CS2)C(F)(F)F. The van der Waals surface area contributed by atoms with Crippen LogP contribution in [0.4, 0.5) is 28.0 Å². The molecule has 2 rings (SSSR count). The molecule has 34 heavy (non-hydrogen) atoms. The molecule has 0 fully saturated rings. The number of amides is 4. The molecule has 0 spiro atoms. The Labute approximate surface area is 195 Å². The lowest BCUT2D eigenvalue weighted by Crippen LogP contribution is -2.58. The van der Waals surface area contributed by atoms with Gasteiger partial charge in [0.2, 0.25) is 5.91 Å². The van der Waals surface area contributed by atoms with Crippen LogP contribution in [0.15, 0.2) is 23.1 Å². The summed E-state index contributed by atoms with van der Waals surface area (Å²) in [6.07, 6.45) is -6.49. The molecule has 15 heteroatoms. The molecule has 1 aromatic carbocycles. The number of benzene rings is 1. The number of hydrogen-bond donors (Lipinski definition) is 4. The molecule has 0 aliphatic carbocycles. The van der Waals surface area contributed by atoms with Crippen LogP contribution in [-0.2, 0) is 19.1 Å². The molecule has 0 saturated heterocycles. The molecule has 188 valence electrons. The monoisotopic (exact) mass is 510 g/mol. The normalized spacial score (nSPS) is 17.9. The van der Waals surface area contributed by atoms with Gasteiger partial charge in [0, 0.05) is 23.3 Å². The van der Waals surface area contributed by atoms with Crippen LogP contribution in [0.3, 0.4) is 0 Å². The third-order valence-corrected chi connectivity index (χ3v) is 5.31. The number of alkyl carbamates (subject to hydrolysis) is 1. The van der Waals surface area contributed by atoms with Gasteiger partial charge < -0.3 is 20.1 Å². The molecule has 1 unspecified atom stereocenters. The number of fused-ring (bicyclic) bond motifs is 1. The van der Waals surface area contributed by atoms with Crippen molar-refractivity contribution in [3.8, 4) is 0 Å². The van der Waals surface area contributed by atoms with E-state index in [-0.39, 0.29) is 17.0 Å². The van der Waals surface area contributed by atoms with Gasteiger partial charge in [0.15, 0.2) is 0 Å². The summed E-state index contributed by atoms with van der Waals surface area (Å²) in [5.74, 6) is -8.51. The topological polar surface area (TPSA) is 135 Å². The van der Waals surface area contributed by atoms with E-state index in [9.17, 15) is 36.7 Å². The summed E-state index contributed by atoms with van der Waals surface area (Å²) in [6, 6.07) is 2.94. The number of ether oxygens (including phenoxy) is 2. The number of carbonyl (C=O) groups is 4. The van der Waals surface area contributed by atoms with E-state index >= 15 is 0 Å². The fourth-order valence-electron chi connectivity index (χ4n) is 2.52. The van der Waals surface area contributed by atoms with E-state index in [1.54, 1.807) is 26.2 Å². The lowest BCUT2D eigenvalue weighted by Gasteiger charge is -2.24. The maximum absolute atomic E-state index is 13.8. The van der Waals surface area contributed by atoms with Gasteiger partial charge in [-0.3, -0.25) is 25.2 Å². The Kier molecular flexibility index (Phi) is 8.03. The van der Waals surface area contributed by atoms with Crippen LogP contribution in [-0.4, -0.2) is 60.4 Å². The van der Waals surface area contributed by atoms with Crippen LogP contribution >= 0.6 is 11.8 Å². The van der Waals surface area contributed by atoms with Crippen molar-refractivity contribution >= 4 is 41.3 Å². The average Bonchev–Trinajstić information content (AvgIpc) is 2.86. The summed E-state index contributed by atoms with van der Waals surface area (Å²) in [5.41, 5.74) is 2.19. The number of rotatable bonds is 4. The maximum Gasteiger partial charge on any atom is 0.458 e. The van der Waals surface area contributed by atoms with E-state index in [1.165, 1.54) is 35.4 Å². The molecule has 1 heterocycles. The van der Waals surface area contributed by atoms with Crippen LogP contribution in [0.2, 0.25) is 0 Å². The van der Waals surface area contributed by atoms with Crippen molar-refractivity contribution in [2.24, 2.45) is 0 Å². The van der Waals surface area contributed by atoms with Crippen molar-refractivity contribution in [1.29, 1.82) is 0 Å². The van der Waals surface area contributed by atoms with Crippen molar-refractivity contribution < 1.29 is 46.2 Å². The zero-order chi connectivity index (χ0) is 25.9. The molecule has 4 N–H and O–H groups in total. The first-order valence-corrected chi connectivity index (χ1v) is 10.5. The van der Waals surface area contributed by atoms with E-state index in [1.807, 2.05) is 0 Å². The lowest BCUT2D eigenvalue weighted by molar-refractivity contribution is -0.307. The summed E-state index contributed by atoms with van der Waals surface area (Å²) < 4.78 is 60.7. The standard InChI is InChI=1S/C19H22F4N4O6S/c1-17(2,3)33-16(31)25-11-8-34-12-6-5-9(7-10(12)24-14(11)29)13(28)26-27-15(30)18(20,32-4)19(21,22)23/h5-7,11H,8H2,1-4H3,(H,24,29)(H,25,31)(H,26,28)(H,27,30)/t11-,18?/m0/s1. The Morgan fingerprint density at radius 3 is 2.32 bits per heavy atom. The summed E-state index contributed by atoms with van der Waals surface area (Å²) in [7, 11) is 0.340. The summed E-state index contributed by atoms with van der Waals surface area (Å²) in [5, 5.41) is 4.97. The van der Waals surface area contributed by atoms with E-state index < -0.39 is 47.5 Å². The van der Waals surface area contributed by atoms with Gasteiger partial charge in [0.25, 0.3) is 5.91 Å². The van der Waals surface area contributed by atoms with E-state index in [0.717, 1.165) is 0 Å². The Morgan fingerprint density at radius 2 is 1.76 bits per heavy atom. The van der Waals surface area contributed by atoms with Crippen LogP contribution in [0, 0.1) is 0 Å². The predicted molar refractivity (Wildman–Crippen MR) is 111 cm³/mol. The molecule has 0 aromatic heterocycles. The van der Waals surface area contributed by atoms with Crippen LogP contribution < -0.4 is 21.5 Å². The summed E-state index contributed by atoms with van der Waals surface area (Å²) in [4.78, 5) is 48.8. The Bertz CT molecular complexity index is 985. The van der Waals surface area contributed by atoms with Gasteiger partial charge in [-0.25, -0.2) is 4.79 Å². The van der Waals surface area contributed by atoms with Crippen molar-refractivity contribution in [2.45, 2.75) is 49.3 Å². The first-order chi connectivity index (χ1) is 15.6. The van der Waals surface area contributed by atoms with E-state index in [4.69, 9.17) is 4.74 Å². The van der Waals surface area contributed by atoms with Gasteiger partial charge in [0.1, 0.15) is 11.6 Å². The quantitative estimate of drug-likeness (QED) is 0.361. The highest BCUT2D eigenvalue weighted by Gasteiger charge is 2.63. The van der Waals surface area contributed by atoms with Crippen molar-refractivity contribution in [3.63, 3.8) is 0 Å². The maximum atomic E-state index is 13.8. The number of nitrogens with one attached hydrogen (secondary N) is 4. The number of hydrogen-bond acceptors (Lipinski definition) is 7. The molecule has 1 aliphatic rings. The number of methoxy groups -OCH3 is 1. The molecular weight excluding hydrogens is 488 g/mol. The molecule has 10 nitrogen and oxygen atoms in total. The fourth-order valence-corrected chi connectivity index (χ4v) is 3.53. The smallest absolute Gasteiger partial charge is 0.444 e. The highest BCUT2D eigenvalue weighted by Crippen LogP contribution is 2.35. The van der Waals surface area contributed by atoms with Crippen LogP contribution in [0.25, 0.3) is 0 Å². The Morgan fingerprint density at radius 1 is 1.12 bits per heavy atom. The third-order valence-electron chi connectivity index (χ3n) is 4.14. The van der Waals surface area contributed by atoms with Gasteiger partial charge in [0.05, 0.1) is 5.69 Å². The first-order valence-electron chi connectivity index (χ1n) is 9.56. The lowest BCUT2D eigenvalue weighted by atomic mass is 10.2. The highest BCUT2D eigenvalue weighted by atomic mass is 32.2. The number of halogens is 4. The molecule has 0 saturated carbocycles. The largest absolute Gasteiger partial charge is 0.458 e. The summed E-state index contributed by atoms with van der Waals surface area (Å²) in [6.45, 7) is 4.97. The number of anilines is 1. The molecular formula is C19H22F4N4O6S. The van der Waals surface area contributed by atoms with Gasteiger partial charge in [-0.2, -0.15) is 17.6 Å². The zero-order valence-electron chi connectivity index (χ0n) is 18.4. The number of alkyl halides is 4. The second kappa shape index (κ2) is 10.0. The number of hydrazine groups is 1. The highest BCUT2D eigenvalue weighted by molar-refractivity contribution is 7.99. The fraction of sp³-hybridized carbons (Fsp3) is 0.474. The molecule has 0 radical (unpaired) electrons. The summed E-state index contributed by atoms with van der Waals surface area (Å²) >= 11 is 1.18. The van der Waals surface area contributed by atoms with Crippen LogP contribution in [0.1, 0.15) is 31.1 Å². The molecule has 0 bridgehead atoms. The van der Waals surface area contributed by atoms with Crippen molar-refractivity contribution in [3.05, 3.63) is 23.8 Å². The van der Waals surface area contributed by atoms with Gasteiger partial charge in [-0.15, -0.1) is 11.8 Å². The molecule has 2 atom stereocenters. The predicted octanol–water partition coefficient (Wildman–Crippen LogP) is 2.26. The van der Waals surface area contributed by atoms with Crippen molar-refractivity contribution in [2.75, 3.05) is 18.2 Å². The minimum Gasteiger partial charge on any atom is -0.444 e. The second-order valence-electron chi connectivity index (χ2n) is 7.92. The Balaban J connectivity index is 2.07. The van der Waals surface area contributed by atoms with E-state index in [2.05, 4.69) is 15.4 Å². The zero-order valence-corrected chi connectivity index (χ0v) is 19.2. The molecule has 1 aromatic rings. The Hall–Kier alpha value is -3.07. The minimum atomic E-state index is -5.69. The second-order valence-corrected chi connectivity index (χ2v) is 8.98. The molecule has 4 amide bonds. The minimum absolute atomic E-state index is 0.146. The average molecular weight is 510 g/mol. The number of thioether (sulfide) groups is 1. The first kappa shape index (κ1) is 27.2. The van der Waals surface area contributed by atoms with Gasteiger partial charge in [-0.05, 0) is 39.0 Å².